The van der Waals surface area contributed by atoms with Crippen molar-refractivity contribution in [3.05, 3.63) is 166 Å². The number of rotatable bonds is 6. The van der Waals surface area contributed by atoms with Gasteiger partial charge < -0.3 is 0 Å². The largest absolute Gasteiger partial charge is 0.207 e. The van der Waals surface area contributed by atoms with Crippen molar-refractivity contribution in [3.63, 3.8) is 0 Å². The normalized spacial score (nSPS) is 10.4. The molecule has 8 heteroatoms. The molecule has 6 aromatic rings. The van der Waals surface area contributed by atoms with Crippen LogP contribution >= 0.6 is 0 Å². The first kappa shape index (κ1) is 32.0. The maximum Gasteiger partial charge on any atom is 0.125 e. The van der Waals surface area contributed by atoms with E-state index in [1.165, 1.54) is 48.5 Å². The molecule has 0 atom stereocenters. The van der Waals surface area contributed by atoms with Gasteiger partial charge in [-0.15, -0.1) is 0 Å². The van der Waals surface area contributed by atoms with Gasteiger partial charge in [0.25, 0.3) is 0 Å². The van der Waals surface area contributed by atoms with Gasteiger partial charge in [-0.05, 0) is 147 Å². The van der Waals surface area contributed by atoms with Crippen LogP contribution < -0.4 is 0 Å². The summed E-state index contributed by atoms with van der Waals surface area (Å²) < 4.78 is 58.3. The van der Waals surface area contributed by atoms with Crippen LogP contribution in [0.3, 0.4) is 0 Å². The highest BCUT2D eigenvalue weighted by atomic mass is 19.1. The van der Waals surface area contributed by atoms with Crippen molar-refractivity contribution in [2.45, 2.75) is 6.42 Å². The summed E-state index contributed by atoms with van der Waals surface area (Å²) in [6.45, 7) is 0. The third-order valence-corrected chi connectivity index (χ3v) is 7.83. The van der Waals surface area contributed by atoms with Gasteiger partial charge in [0.1, 0.15) is 23.3 Å². The van der Waals surface area contributed by atoms with Crippen LogP contribution in [0.1, 0.15) is 33.4 Å². The number of benzene rings is 6. The van der Waals surface area contributed by atoms with E-state index in [-0.39, 0.29) is 28.7 Å². The molecule has 0 aliphatic heterocycles. The van der Waals surface area contributed by atoms with Crippen LogP contribution in [-0.4, -0.2) is 0 Å². The molecular formula is C41H20F4N4. The minimum atomic E-state index is -0.616. The Labute approximate surface area is 279 Å². The van der Waals surface area contributed by atoms with Crippen LogP contribution in [0.2, 0.25) is 0 Å². The van der Waals surface area contributed by atoms with Gasteiger partial charge >= 0.3 is 0 Å². The smallest absolute Gasteiger partial charge is 0.125 e. The van der Waals surface area contributed by atoms with E-state index in [1.807, 2.05) is 24.3 Å². The van der Waals surface area contributed by atoms with E-state index < -0.39 is 23.3 Å². The Balaban J connectivity index is 1.56. The minimum Gasteiger partial charge on any atom is -0.207 e. The second-order valence-corrected chi connectivity index (χ2v) is 11.4. The number of halogens is 4. The lowest BCUT2D eigenvalue weighted by atomic mass is 9.90. The van der Waals surface area contributed by atoms with Gasteiger partial charge in [0.05, 0.1) is 46.5 Å². The molecule has 0 spiro atoms. The van der Waals surface area contributed by atoms with Crippen LogP contribution in [0.5, 0.6) is 0 Å². The van der Waals surface area contributed by atoms with Gasteiger partial charge in [0.2, 0.25) is 0 Å². The van der Waals surface area contributed by atoms with E-state index in [1.54, 1.807) is 36.4 Å². The van der Waals surface area contributed by atoms with E-state index in [9.17, 15) is 38.6 Å². The van der Waals surface area contributed by atoms with Gasteiger partial charge in [-0.2, -0.15) is 21.0 Å². The van der Waals surface area contributed by atoms with Crippen molar-refractivity contribution >= 4 is 0 Å². The molecule has 49 heavy (non-hydrogen) atoms. The van der Waals surface area contributed by atoms with E-state index in [0.29, 0.717) is 55.6 Å². The average molecular weight is 645 g/mol. The van der Waals surface area contributed by atoms with Crippen molar-refractivity contribution in [2.24, 2.45) is 0 Å². The zero-order chi connectivity index (χ0) is 34.7. The lowest BCUT2D eigenvalue weighted by Gasteiger charge is -2.14. The van der Waals surface area contributed by atoms with Crippen molar-refractivity contribution < 1.29 is 17.6 Å². The fourth-order valence-electron chi connectivity index (χ4n) is 5.77. The molecule has 232 valence electrons. The number of nitriles is 4. The van der Waals surface area contributed by atoms with Crippen LogP contribution in [0, 0.1) is 68.6 Å². The Morgan fingerprint density at radius 1 is 0.306 bits per heavy atom. The minimum absolute atomic E-state index is 0.107. The van der Waals surface area contributed by atoms with Crippen molar-refractivity contribution in [1.82, 2.24) is 0 Å². The molecule has 6 aromatic carbocycles. The van der Waals surface area contributed by atoms with Gasteiger partial charge in [-0.3, -0.25) is 0 Å². The summed E-state index contributed by atoms with van der Waals surface area (Å²) in [5, 5.41) is 37.9. The van der Waals surface area contributed by atoms with Crippen molar-refractivity contribution in [3.8, 4) is 68.8 Å². The Morgan fingerprint density at radius 3 is 0.755 bits per heavy atom. The lowest BCUT2D eigenvalue weighted by molar-refractivity contribution is 0.627. The lowest BCUT2D eigenvalue weighted by Crippen LogP contribution is -1.95. The molecule has 0 saturated heterocycles. The number of nitrogens with zero attached hydrogens (tertiary/aromatic N) is 4. The SMILES string of the molecule is N#Cc1cc(F)cc(-c2cc(Cc3cc(-c4cc(F)cc(C#N)c4)cc(-c4cc(F)cc(C#N)c4)c3)cc(-c3cc(F)cc(C#N)c3)c2)c1. The fourth-order valence-corrected chi connectivity index (χ4v) is 5.77. The molecule has 4 nitrogen and oxygen atoms in total. The summed E-state index contributed by atoms with van der Waals surface area (Å²) >= 11 is 0. The molecule has 0 radical (unpaired) electrons. The summed E-state index contributed by atoms with van der Waals surface area (Å²) in [5.41, 5.74) is 5.48. The van der Waals surface area contributed by atoms with Crippen LogP contribution in [0.4, 0.5) is 17.6 Å². The molecule has 0 amide bonds. The second kappa shape index (κ2) is 13.4. The summed E-state index contributed by atoms with van der Waals surface area (Å²) in [6, 6.07) is 34.1. The van der Waals surface area contributed by atoms with E-state index in [2.05, 4.69) is 0 Å². The van der Waals surface area contributed by atoms with Gasteiger partial charge in [-0.1, -0.05) is 24.3 Å². The van der Waals surface area contributed by atoms with E-state index >= 15 is 0 Å². The molecule has 0 heterocycles. The van der Waals surface area contributed by atoms with Gasteiger partial charge in [0, 0.05) is 0 Å². The van der Waals surface area contributed by atoms with E-state index in [4.69, 9.17) is 0 Å². The monoisotopic (exact) mass is 644 g/mol. The van der Waals surface area contributed by atoms with Crippen molar-refractivity contribution in [1.29, 1.82) is 21.0 Å². The highest BCUT2D eigenvalue weighted by Gasteiger charge is 2.14. The zero-order valence-corrected chi connectivity index (χ0v) is 25.4. The first-order valence-corrected chi connectivity index (χ1v) is 14.7. The van der Waals surface area contributed by atoms with Gasteiger partial charge in [-0.25, -0.2) is 17.6 Å². The molecule has 0 saturated carbocycles. The predicted molar refractivity (Wildman–Crippen MR) is 176 cm³/mol. The molecule has 6 rings (SSSR count). The number of hydrogen-bond donors (Lipinski definition) is 0. The molecular weight excluding hydrogens is 624 g/mol. The molecule has 0 aliphatic rings. The summed E-state index contributed by atoms with van der Waals surface area (Å²) in [6.07, 6.45) is 0.226. The van der Waals surface area contributed by atoms with Gasteiger partial charge in [0.15, 0.2) is 0 Å². The highest BCUT2D eigenvalue weighted by molar-refractivity contribution is 5.78. The van der Waals surface area contributed by atoms with Crippen molar-refractivity contribution in [2.75, 3.05) is 0 Å². The third kappa shape index (κ3) is 7.21. The second-order valence-electron chi connectivity index (χ2n) is 11.4. The average Bonchev–Trinajstić information content (AvgIpc) is 3.10. The predicted octanol–water partition coefficient (Wildman–Crippen LogP) is 9.99. The van der Waals surface area contributed by atoms with Crippen LogP contribution in [0.25, 0.3) is 44.5 Å². The Hall–Kier alpha value is -7.00. The maximum atomic E-state index is 14.6. The molecule has 0 aromatic heterocycles. The fraction of sp³-hybridized carbons (Fsp3) is 0.0244. The highest BCUT2D eigenvalue weighted by Crippen LogP contribution is 2.34. The first-order valence-electron chi connectivity index (χ1n) is 14.7. The molecule has 0 aliphatic carbocycles. The standard InChI is InChI=1S/C41H20F4N4/c42-38-10-26(20-46)6-34(16-38)30-2-24(3-31(14-30)35-7-27(21-47)11-39(43)17-35)1-25-4-32(36-8-28(22-48)12-40(44)18-36)15-33(5-25)37-9-29(23-49)13-41(45)19-37/h2-19H,1H2. The summed E-state index contributed by atoms with van der Waals surface area (Å²) in [5.74, 6) is -2.46. The quantitative estimate of drug-likeness (QED) is 0.169. The first-order chi connectivity index (χ1) is 23.6. The third-order valence-electron chi connectivity index (χ3n) is 7.83. The summed E-state index contributed by atoms with van der Waals surface area (Å²) in [7, 11) is 0. The topological polar surface area (TPSA) is 95.2 Å². The number of hydrogen-bond acceptors (Lipinski definition) is 4. The molecule has 0 unspecified atom stereocenters. The van der Waals surface area contributed by atoms with Crippen LogP contribution in [0.15, 0.2) is 109 Å². The van der Waals surface area contributed by atoms with E-state index in [0.717, 1.165) is 24.3 Å². The maximum absolute atomic E-state index is 14.6. The zero-order valence-electron chi connectivity index (χ0n) is 25.4. The molecule has 0 bridgehead atoms. The van der Waals surface area contributed by atoms with Crippen LogP contribution in [-0.2, 0) is 6.42 Å². The Bertz CT molecular complexity index is 2140. The molecule has 0 fully saturated rings. The molecule has 0 N–H and O–H groups in total. The Morgan fingerprint density at radius 2 is 0.531 bits per heavy atom. The Kier molecular flexibility index (Phi) is 8.73. The summed E-state index contributed by atoms with van der Waals surface area (Å²) in [4.78, 5) is 0.